The minimum Gasteiger partial charge on any atom is -0.356 e. The second-order valence-corrected chi connectivity index (χ2v) is 7.78. The summed E-state index contributed by atoms with van der Waals surface area (Å²) >= 11 is 1.63. The van der Waals surface area contributed by atoms with Gasteiger partial charge in [-0.05, 0) is 30.5 Å². The van der Waals surface area contributed by atoms with E-state index in [0.717, 1.165) is 42.1 Å². The predicted octanol–water partition coefficient (Wildman–Crippen LogP) is 2.91. The Balaban J connectivity index is 1.55. The molecule has 0 bridgehead atoms. The normalized spacial score (nSPS) is 17.0. The van der Waals surface area contributed by atoms with Gasteiger partial charge in [0.1, 0.15) is 5.82 Å². The average molecular weight is 389 g/mol. The first-order valence-electron chi connectivity index (χ1n) is 9.22. The molecule has 0 saturated carbocycles. The minimum atomic E-state index is -0.290. The number of halogens is 1. The zero-order valence-corrected chi connectivity index (χ0v) is 16.2. The van der Waals surface area contributed by atoms with Crippen LogP contribution in [0.25, 0.3) is 0 Å². The fourth-order valence-corrected chi connectivity index (χ4v) is 4.27. The lowest BCUT2D eigenvalue weighted by Crippen LogP contribution is -2.39. The Hall–Kier alpha value is -2.28. The summed E-state index contributed by atoms with van der Waals surface area (Å²) in [6.07, 6.45) is 3.00. The van der Waals surface area contributed by atoms with Crippen LogP contribution < -0.4 is 5.32 Å². The third kappa shape index (κ3) is 5.60. The smallest absolute Gasteiger partial charge is 0.227 e. The summed E-state index contributed by atoms with van der Waals surface area (Å²) in [5.74, 6) is 0.0135. The second-order valence-electron chi connectivity index (χ2n) is 6.89. The van der Waals surface area contributed by atoms with Crippen LogP contribution in [0.4, 0.5) is 4.39 Å². The molecule has 1 aromatic heterocycles. The Morgan fingerprint density at radius 1 is 1.33 bits per heavy atom. The number of hydrogen-bond acceptors (Lipinski definition) is 4. The summed E-state index contributed by atoms with van der Waals surface area (Å²) in [7, 11) is 0. The van der Waals surface area contributed by atoms with E-state index in [-0.39, 0.29) is 23.5 Å². The molecule has 1 atom stereocenters. The van der Waals surface area contributed by atoms with Gasteiger partial charge in [0.2, 0.25) is 11.8 Å². The lowest BCUT2D eigenvalue weighted by Gasteiger charge is -2.32. The molecule has 0 aliphatic carbocycles. The Morgan fingerprint density at radius 3 is 2.85 bits per heavy atom. The average Bonchev–Trinajstić information content (AvgIpc) is 3.12. The van der Waals surface area contributed by atoms with Crippen molar-refractivity contribution in [3.05, 3.63) is 51.7 Å². The van der Waals surface area contributed by atoms with Gasteiger partial charge in [0.15, 0.2) is 0 Å². The molecule has 1 N–H and O–H groups in total. The van der Waals surface area contributed by atoms with Crippen molar-refractivity contribution < 1.29 is 14.0 Å². The molecule has 3 rings (SSSR count). The number of aromatic nitrogens is 1. The van der Waals surface area contributed by atoms with Crippen LogP contribution in [0, 0.1) is 5.82 Å². The van der Waals surface area contributed by atoms with Crippen LogP contribution >= 0.6 is 11.3 Å². The number of rotatable bonds is 6. The lowest BCUT2D eigenvalue weighted by atomic mass is 9.98. The van der Waals surface area contributed by atoms with Gasteiger partial charge < -0.3 is 10.2 Å². The van der Waals surface area contributed by atoms with Crippen LogP contribution in [0.15, 0.2) is 29.6 Å². The first-order chi connectivity index (χ1) is 13.0. The summed E-state index contributed by atoms with van der Waals surface area (Å²) in [4.78, 5) is 30.2. The number of likely N-dealkylation sites (tertiary alicyclic amines) is 1. The van der Waals surface area contributed by atoms with Crippen LogP contribution in [0.5, 0.6) is 0 Å². The van der Waals surface area contributed by atoms with Crippen molar-refractivity contribution in [3.63, 3.8) is 0 Å². The van der Waals surface area contributed by atoms with E-state index in [1.807, 2.05) is 10.3 Å². The predicted molar refractivity (Wildman–Crippen MR) is 103 cm³/mol. The van der Waals surface area contributed by atoms with Crippen LogP contribution in [0.3, 0.4) is 0 Å². The monoisotopic (exact) mass is 389 g/mol. The Kier molecular flexibility index (Phi) is 6.55. The number of piperidine rings is 1. The molecule has 27 heavy (non-hydrogen) atoms. The molecule has 0 radical (unpaired) electrons. The highest BCUT2D eigenvalue weighted by atomic mass is 32.1. The van der Waals surface area contributed by atoms with Crippen LogP contribution in [-0.4, -0.2) is 41.3 Å². The van der Waals surface area contributed by atoms with Gasteiger partial charge in [-0.3, -0.25) is 9.59 Å². The number of benzene rings is 1. The molecular formula is C20H24FN3O2S. The molecule has 1 saturated heterocycles. The fourth-order valence-electron chi connectivity index (χ4n) is 3.29. The molecule has 0 spiro atoms. The number of hydrogen-bond donors (Lipinski definition) is 1. The third-order valence-electron chi connectivity index (χ3n) is 4.72. The molecule has 1 aliphatic heterocycles. The maximum atomic E-state index is 13.0. The van der Waals surface area contributed by atoms with Gasteiger partial charge in [-0.25, -0.2) is 9.37 Å². The highest BCUT2D eigenvalue weighted by Crippen LogP contribution is 2.29. The number of carbonyl (C=O) groups excluding carboxylic acids is 2. The standard InChI is InChI=1S/C20H24FN3O2S/c1-14(25)22-9-8-18-13-27-20(23-18)16-3-2-10-24(12-16)19(26)11-15-4-6-17(21)7-5-15/h4-7,13,16H,2-3,8-12H2,1H3,(H,22,25). The van der Waals surface area contributed by atoms with Crippen molar-refractivity contribution in [1.29, 1.82) is 0 Å². The topological polar surface area (TPSA) is 62.3 Å². The molecule has 2 aromatic rings. The Labute approximate surface area is 162 Å². The maximum Gasteiger partial charge on any atom is 0.227 e. The zero-order valence-electron chi connectivity index (χ0n) is 15.4. The van der Waals surface area contributed by atoms with E-state index in [1.165, 1.54) is 19.1 Å². The number of nitrogens with one attached hydrogen (secondary N) is 1. The van der Waals surface area contributed by atoms with E-state index in [1.54, 1.807) is 23.5 Å². The van der Waals surface area contributed by atoms with Crippen LogP contribution in [0.2, 0.25) is 0 Å². The summed E-state index contributed by atoms with van der Waals surface area (Å²) in [6.45, 7) is 3.54. The molecule has 2 amide bonds. The van der Waals surface area contributed by atoms with Gasteiger partial charge in [-0.2, -0.15) is 0 Å². The highest BCUT2D eigenvalue weighted by molar-refractivity contribution is 7.09. The quantitative estimate of drug-likeness (QED) is 0.826. The van der Waals surface area contributed by atoms with E-state index in [0.29, 0.717) is 19.5 Å². The van der Waals surface area contributed by atoms with Gasteiger partial charge in [0.05, 0.1) is 17.1 Å². The van der Waals surface area contributed by atoms with E-state index in [4.69, 9.17) is 4.98 Å². The third-order valence-corrected chi connectivity index (χ3v) is 5.77. The number of carbonyl (C=O) groups is 2. The molecule has 5 nitrogen and oxygen atoms in total. The lowest BCUT2D eigenvalue weighted by molar-refractivity contribution is -0.131. The van der Waals surface area contributed by atoms with Gasteiger partial charge in [0.25, 0.3) is 0 Å². The van der Waals surface area contributed by atoms with E-state index in [2.05, 4.69) is 5.32 Å². The first kappa shape index (κ1) is 19.5. The molecule has 1 aliphatic rings. The van der Waals surface area contributed by atoms with Gasteiger partial charge >= 0.3 is 0 Å². The first-order valence-corrected chi connectivity index (χ1v) is 10.1. The molecule has 2 heterocycles. The Bertz CT molecular complexity index is 791. The van der Waals surface area contributed by atoms with E-state index in [9.17, 15) is 14.0 Å². The summed E-state index contributed by atoms with van der Waals surface area (Å²) in [6, 6.07) is 6.10. The summed E-state index contributed by atoms with van der Waals surface area (Å²) in [5, 5.41) is 5.88. The van der Waals surface area contributed by atoms with Gasteiger partial charge in [0, 0.05) is 44.3 Å². The summed E-state index contributed by atoms with van der Waals surface area (Å²) < 4.78 is 13.0. The van der Waals surface area contributed by atoms with Crippen molar-refractivity contribution in [3.8, 4) is 0 Å². The molecule has 1 unspecified atom stereocenters. The maximum absolute atomic E-state index is 13.0. The molecule has 1 aromatic carbocycles. The number of amides is 2. The SMILES string of the molecule is CC(=O)NCCc1csc(C2CCCN(C(=O)Cc3ccc(F)cc3)C2)n1. The molecule has 144 valence electrons. The molecule has 1 fully saturated rings. The van der Waals surface area contributed by atoms with Crippen molar-refractivity contribution >= 4 is 23.2 Å². The van der Waals surface area contributed by atoms with Crippen molar-refractivity contribution in [2.24, 2.45) is 0 Å². The number of nitrogens with zero attached hydrogens (tertiary/aromatic N) is 2. The van der Waals surface area contributed by atoms with Gasteiger partial charge in [-0.15, -0.1) is 11.3 Å². The van der Waals surface area contributed by atoms with Crippen molar-refractivity contribution in [2.75, 3.05) is 19.6 Å². The zero-order chi connectivity index (χ0) is 19.2. The Morgan fingerprint density at radius 2 is 2.11 bits per heavy atom. The van der Waals surface area contributed by atoms with Crippen molar-refractivity contribution in [2.45, 2.75) is 38.5 Å². The van der Waals surface area contributed by atoms with Crippen molar-refractivity contribution in [1.82, 2.24) is 15.2 Å². The molecule has 7 heteroatoms. The largest absolute Gasteiger partial charge is 0.356 e. The summed E-state index contributed by atoms with van der Waals surface area (Å²) in [5.41, 5.74) is 1.82. The van der Waals surface area contributed by atoms with Crippen LogP contribution in [-0.2, 0) is 22.4 Å². The molecular weight excluding hydrogens is 365 g/mol. The van der Waals surface area contributed by atoms with E-state index >= 15 is 0 Å². The highest BCUT2D eigenvalue weighted by Gasteiger charge is 2.26. The van der Waals surface area contributed by atoms with E-state index < -0.39 is 0 Å². The van der Waals surface area contributed by atoms with Gasteiger partial charge in [-0.1, -0.05) is 12.1 Å². The fraction of sp³-hybridized carbons (Fsp3) is 0.450. The number of thiazole rings is 1. The van der Waals surface area contributed by atoms with Crippen LogP contribution in [0.1, 0.15) is 41.9 Å². The second kappa shape index (κ2) is 9.08. The minimum absolute atomic E-state index is 0.0342.